The van der Waals surface area contributed by atoms with Crippen molar-refractivity contribution in [2.24, 2.45) is 17.3 Å². The molecule has 2 fully saturated rings. The van der Waals surface area contributed by atoms with Crippen molar-refractivity contribution >= 4 is 11.9 Å². The van der Waals surface area contributed by atoms with Crippen molar-refractivity contribution in [3.05, 3.63) is 71.3 Å². The number of amides is 1. The van der Waals surface area contributed by atoms with E-state index in [1.165, 1.54) is 11.1 Å². The summed E-state index contributed by atoms with van der Waals surface area (Å²) < 4.78 is 0. The van der Waals surface area contributed by atoms with Gasteiger partial charge in [-0.2, -0.15) is 0 Å². The van der Waals surface area contributed by atoms with Crippen LogP contribution in [-0.4, -0.2) is 34.0 Å². The summed E-state index contributed by atoms with van der Waals surface area (Å²) in [6.45, 7) is 11.4. The Bertz CT molecular complexity index is 1070. The normalized spacial score (nSPS) is 25.0. The molecule has 1 amide bonds. The zero-order chi connectivity index (χ0) is 26.7. The van der Waals surface area contributed by atoms with E-state index >= 15 is 0 Å². The molecule has 2 aromatic carbocycles. The third-order valence-electron chi connectivity index (χ3n) is 8.47. The molecule has 1 aliphatic heterocycles. The Balaban J connectivity index is 1.80. The smallest absolute Gasteiger partial charge is 0.326 e. The molecule has 0 spiro atoms. The molecule has 200 valence electrons. The average molecular weight is 505 g/mol. The standard InChI is InChI=1S/C32H44N2O3/c1-21(2)25-19-13-12-18-24(25)20-33-27-26(32(3,4)5)29(31(36)37)34(28(27)22-14-8-6-9-15-22)30(35)23-16-10-7-11-17-23/h6,8-9,12-15,18-19,21,23,26-29,33H,7,10-11,16-17,20H2,1-5H3,(H,36,37)/t26-,27-,28-,29-/m1/s1. The first-order valence-electron chi connectivity index (χ1n) is 14.0. The first kappa shape index (κ1) is 27.4. The van der Waals surface area contributed by atoms with Gasteiger partial charge in [0, 0.05) is 24.4 Å². The first-order chi connectivity index (χ1) is 17.6. The summed E-state index contributed by atoms with van der Waals surface area (Å²) in [4.78, 5) is 28.9. The van der Waals surface area contributed by atoms with Crippen LogP contribution < -0.4 is 5.32 Å². The molecule has 0 aromatic heterocycles. The lowest BCUT2D eigenvalue weighted by atomic mass is 9.72. The van der Waals surface area contributed by atoms with Gasteiger partial charge in [0.05, 0.1) is 6.04 Å². The third-order valence-corrected chi connectivity index (χ3v) is 8.47. The Morgan fingerprint density at radius 1 is 0.973 bits per heavy atom. The van der Waals surface area contributed by atoms with Crippen LogP contribution in [0.1, 0.15) is 95.4 Å². The number of carboxylic acids is 1. The SMILES string of the molecule is CC(C)c1ccccc1CN[C@@H]1[C@@H](C(C)(C)C)[C@H](C(=O)O)N(C(=O)C2CCCCC2)[C@@H]1c1ccccc1. The van der Waals surface area contributed by atoms with Gasteiger partial charge in [-0.1, -0.05) is 108 Å². The number of carbonyl (C=O) groups excluding carboxylic acids is 1. The molecule has 37 heavy (non-hydrogen) atoms. The van der Waals surface area contributed by atoms with Crippen molar-refractivity contribution in [3.63, 3.8) is 0 Å². The predicted molar refractivity (Wildman–Crippen MR) is 148 cm³/mol. The van der Waals surface area contributed by atoms with Gasteiger partial charge >= 0.3 is 5.97 Å². The zero-order valence-electron chi connectivity index (χ0n) is 23.1. The van der Waals surface area contributed by atoms with Crippen molar-refractivity contribution in [2.45, 2.75) is 97.3 Å². The molecule has 2 aromatic rings. The fourth-order valence-electron chi connectivity index (χ4n) is 6.77. The maximum atomic E-state index is 14.2. The lowest BCUT2D eigenvalue weighted by molar-refractivity contribution is -0.154. The number of carboxylic acid groups (broad SMARTS) is 1. The highest BCUT2D eigenvalue weighted by Gasteiger charge is 2.58. The van der Waals surface area contributed by atoms with Crippen molar-refractivity contribution < 1.29 is 14.7 Å². The molecule has 0 unspecified atom stereocenters. The summed E-state index contributed by atoms with van der Waals surface area (Å²) >= 11 is 0. The number of hydrogen-bond acceptors (Lipinski definition) is 3. The van der Waals surface area contributed by atoms with E-state index in [2.05, 4.69) is 64.2 Å². The maximum absolute atomic E-state index is 14.2. The minimum atomic E-state index is -0.906. The van der Waals surface area contributed by atoms with Crippen LogP contribution in [0.25, 0.3) is 0 Å². The van der Waals surface area contributed by atoms with E-state index in [9.17, 15) is 14.7 Å². The topological polar surface area (TPSA) is 69.6 Å². The van der Waals surface area contributed by atoms with E-state index in [0.29, 0.717) is 12.5 Å². The second-order valence-corrected chi connectivity index (χ2v) is 12.4. The summed E-state index contributed by atoms with van der Waals surface area (Å²) in [5, 5.41) is 14.4. The van der Waals surface area contributed by atoms with Gasteiger partial charge in [0.2, 0.25) is 5.91 Å². The molecule has 0 bridgehead atoms. The van der Waals surface area contributed by atoms with Crippen molar-refractivity contribution in [1.82, 2.24) is 10.2 Å². The van der Waals surface area contributed by atoms with Crippen molar-refractivity contribution in [2.75, 3.05) is 0 Å². The van der Waals surface area contributed by atoms with Crippen LogP contribution in [0.5, 0.6) is 0 Å². The summed E-state index contributed by atoms with van der Waals surface area (Å²) in [5.41, 5.74) is 3.19. The Labute approximate surface area is 222 Å². The molecule has 1 saturated heterocycles. The summed E-state index contributed by atoms with van der Waals surface area (Å²) in [7, 11) is 0. The first-order valence-corrected chi connectivity index (χ1v) is 14.0. The molecular weight excluding hydrogens is 460 g/mol. The van der Waals surface area contributed by atoms with Gasteiger partial charge in [0.15, 0.2) is 0 Å². The number of benzene rings is 2. The van der Waals surface area contributed by atoms with Crippen LogP contribution >= 0.6 is 0 Å². The largest absolute Gasteiger partial charge is 0.480 e. The number of hydrogen-bond donors (Lipinski definition) is 2. The van der Waals surface area contributed by atoms with Crippen LogP contribution in [0, 0.1) is 17.3 Å². The van der Waals surface area contributed by atoms with Gasteiger partial charge in [-0.3, -0.25) is 4.79 Å². The molecular formula is C32H44N2O3. The number of aliphatic carboxylic acids is 1. The summed E-state index contributed by atoms with van der Waals surface area (Å²) in [6.07, 6.45) is 4.92. The minimum Gasteiger partial charge on any atom is -0.480 e. The number of carbonyl (C=O) groups is 2. The predicted octanol–water partition coefficient (Wildman–Crippen LogP) is 6.55. The Kier molecular flexibility index (Phi) is 8.42. The number of nitrogens with zero attached hydrogens (tertiary/aromatic N) is 1. The molecule has 5 nitrogen and oxygen atoms in total. The minimum absolute atomic E-state index is 0.0158. The van der Waals surface area contributed by atoms with E-state index in [1.807, 2.05) is 30.3 Å². The highest BCUT2D eigenvalue weighted by Crippen LogP contribution is 2.49. The highest BCUT2D eigenvalue weighted by molar-refractivity contribution is 5.87. The number of rotatable bonds is 7. The van der Waals surface area contributed by atoms with Gasteiger partial charge in [-0.05, 0) is 40.9 Å². The van der Waals surface area contributed by atoms with Crippen molar-refractivity contribution in [1.29, 1.82) is 0 Å². The molecule has 5 heteroatoms. The number of likely N-dealkylation sites (tertiary alicyclic amines) is 1. The fourth-order valence-corrected chi connectivity index (χ4v) is 6.77. The second-order valence-electron chi connectivity index (χ2n) is 12.4. The van der Waals surface area contributed by atoms with E-state index in [4.69, 9.17) is 0 Å². The quantitative estimate of drug-likeness (QED) is 0.449. The molecule has 4 atom stereocenters. The highest BCUT2D eigenvalue weighted by atomic mass is 16.4. The van der Waals surface area contributed by atoms with Crippen LogP contribution in [0.4, 0.5) is 0 Å². The average Bonchev–Trinajstić information content (AvgIpc) is 3.24. The van der Waals surface area contributed by atoms with E-state index in [1.54, 1.807) is 4.90 Å². The van der Waals surface area contributed by atoms with Crippen LogP contribution in [0.15, 0.2) is 54.6 Å². The zero-order valence-corrected chi connectivity index (χ0v) is 23.1. The van der Waals surface area contributed by atoms with Crippen LogP contribution in [0.2, 0.25) is 0 Å². The van der Waals surface area contributed by atoms with E-state index in [0.717, 1.165) is 37.7 Å². The molecule has 0 radical (unpaired) electrons. The lowest BCUT2D eigenvalue weighted by Gasteiger charge is -2.36. The van der Waals surface area contributed by atoms with Crippen molar-refractivity contribution in [3.8, 4) is 0 Å². The van der Waals surface area contributed by atoms with Gasteiger partial charge in [0.1, 0.15) is 6.04 Å². The third kappa shape index (κ3) is 5.77. The monoisotopic (exact) mass is 504 g/mol. The molecule has 1 saturated carbocycles. The molecule has 1 heterocycles. The summed E-state index contributed by atoms with van der Waals surface area (Å²) in [6, 6.07) is 17.1. The van der Waals surface area contributed by atoms with Crippen LogP contribution in [-0.2, 0) is 16.1 Å². The Morgan fingerprint density at radius 3 is 2.19 bits per heavy atom. The Hall–Kier alpha value is -2.66. The van der Waals surface area contributed by atoms with Gasteiger partial charge in [-0.15, -0.1) is 0 Å². The maximum Gasteiger partial charge on any atom is 0.326 e. The van der Waals surface area contributed by atoms with Gasteiger partial charge < -0.3 is 15.3 Å². The number of nitrogens with one attached hydrogen (secondary N) is 1. The molecule has 2 N–H and O–H groups in total. The molecule has 2 aliphatic rings. The molecule has 1 aliphatic carbocycles. The molecule has 4 rings (SSSR count). The summed E-state index contributed by atoms with van der Waals surface area (Å²) in [5.74, 6) is -0.850. The lowest BCUT2D eigenvalue weighted by Crippen LogP contribution is -2.49. The van der Waals surface area contributed by atoms with Gasteiger partial charge in [0.25, 0.3) is 0 Å². The fraction of sp³-hybridized carbons (Fsp3) is 0.562. The van der Waals surface area contributed by atoms with E-state index < -0.39 is 12.0 Å². The Morgan fingerprint density at radius 2 is 1.59 bits per heavy atom. The van der Waals surface area contributed by atoms with E-state index in [-0.39, 0.29) is 35.2 Å². The van der Waals surface area contributed by atoms with Gasteiger partial charge in [-0.25, -0.2) is 4.79 Å². The van der Waals surface area contributed by atoms with Crippen LogP contribution in [0.3, 0.4) is 0 Å². The second kappa shape index (κ2) is 11.4.